The number of allylic oxidation sites excluding steroid dienone is 1. The number of nitrogens with zero attached hydrogens (tertiary/aromatic N) is 1. The summed E-state index contributed by atoms with van der Waals surface area (Å²) in [5, 5.41) is 0. The van der Waals surface area contributed by atoms with Crippen molar-refractivity contribution < 1.29 is 9.53 Å². The van der Waals surface area contributed by atoms with Gasteiger partial charge in [-0.3, -0.25) is 9.69 Å². The molecule has 20 heavy (non-hydrogen) atoms. The van der Waals surface area contributed by atoms with Crippen molar-refractivity contribution in [2.45, 2.75) is 33.6 Å². The van der Waals surface area contributed by atoms with E-state index in [4.69, 9.17) is 4.74 Å². The Labute approximate surface area is 121 Å². The monoisotopic (exact) mass is 273 g/mol. The number of hydrogen-bond donors (Lipinski definition) is 0. The lowest BCUT2D eigenvalue weighted by atomic mass is 10.0. The van der Waals surface area contributed by atoms with Crippen LogP contribution in [-0.2, 0) is 17.6 Å². The molecule has 0 amide bonds. The number of hydrogen-bond acceptors (Lipinski definition) is 3. The molecule has 0 spiro atoms. The van der Waals surface area contributed by atoms with Crippen LogP contribution >= 0.6 is 0 Å². The number of benzene rings is 1. The molecule has 3 nitrogen and oxygen atoms in total. The van der Waals surface area contributed by atoms with Gasteiger partial charge in [0.2, 0.25) is 0 Å². The van der Waals surface area contributed by atoms with Crippen LogP contribution in [0.1, 0.15) is 31.9 Å². The zero-order valence-corrected chi connectivity index (χ0v) is 12.6. The third kappa shape index (κ3) is 4.20. The summed E-state index contributed by atoms with van der Waals surface area (Å²) in [5.74, 6) is 0.401. The highest BCUT2D eigenvalue weighted by atomic mass is 16.5. The van der Waals surface area contributed by atoms with Crippen LogP contribution in [0.3, 0.4) is 0 Å². The topological polar surface area (TPSA) is 29.5 Å². The predicted molar refractivity (Wildman–Crippen MR) is 81.0 cm³/mol. The van der Waals surface area contributed by atoms with Gasteiger partial charge in [0.15, 0.2) is 0 Å². The predicted octanol–water partition coefficient (Wildman–Crippen LogP) is 2.98. The van der Waals surface area contributed by atoms with Crippen molar-refractivity contribution in [3.05, 3.63) is 41.0 Å². The lowest BCUT2D eigenvalue weighted by molar-refractivity contribution is -0.131. The van der Waals surface area contributed by atoms with Gasteiger partial charge in [0, 0.05) is 26.6 Å². The van der Waals surface area contributed by atoms with Crippen molar-refractivity contribution in [2.24, 2.45) is 0 Å². The van der Waals surface area contributed by atoms with Crippen molar-refractivity contribution in [1.82, 2.24) is 4.90 Å². The number of ether oxygens (including phenoxy) is 1. The summed E-state index contributed by atoms with van der Waals surface area (Å²) in [6.07, 6.45) is 4.35. The second kappa shape index (κ2) is 6.71. The van der Waals surface area contributed by atoms with E-state index in [2.05, 4.69) is 30.9 Å². The first-order valence-corrected chi connectivity index (χ1v) is 7.20. The second-order valence-electron chi connectivity index (χ2n) is 5.61. The molecular formula is C17H23NO2. The molecule has 0 bridgehead atoms. The summed E-state index contributed by atoms with van der Waals surface area (Å²) in [6.45, 7) is 8.87. The fourth-order valence-corrected chi connectivity index (χ4v) is 2.47. The van der Waals surface area contributed by atoms with Crippen LogP contribution in [-0.4, -0.2) is 30.5 Å². The van der Waals surface area contributed by atoms with Crippen LogP contribution in [0.2, 0.25) is 0 Å². The lowest BCUT2D eigenvalue weighted by Gasteiger charge is -2.17. The van der Waals surface area contributed by atoms with Crippen LogP contribution in [0.15, 0.2) is 29.8 Å². The minimum absolute atomic E-state index is 0.260. The molecule has 108 valence electrons. The van der Waals surface area contributed by atoms with E-state index in [-0.39, 0.29) is 5.97 Å². The van der Waals surface area contributed by atoms with E-state index in [1.807, 2.05) is 12.1 Å². The van der Waals surface area contributed by atoms with Gasteiger partial charge >= 0.3 is 5.97 Å². The highest BCUT2D eigenvalue weighted by molar-refractivity contribution is 5.69. The van der Waals surface area contributed by atoms with Gasteiger partial charge in [0.25, 0.3) is 0 Å². The Morgan fingerprint density at radius 2 is 1.90 bits per heavy atom. The Kier molecular flexibility index (Phi) is 4.96. The first kappa shape index (κ1) is 14.8. The van der Waals surface area contributed by atoms with Gasteiger partial charge in [-0.15, -0.1) is 0 Å². The highest BCUT2D eigenvalue weighted by Gasteiger charge is 2.14. The average Bonchev–Trinajstić information content (AvgIpc) is 2.57. The molecule has 0 aliphatic carbocycles. The molecule has 0 unspecified atom stereocenters. The van der Waals surface area contributed by atoms with Gasteiger partial charge in [0.05, 0.1) is 0 Å². The van der Waals surface area contributed by atoms with Crippen molar-refractivity contribution >= 4 is 5.97 Å². The Bertz CT molecular complexity index is 516. The smallest absolute Gasteiger partial charge is 0.308 e. The standard InChI is InChI=1S/C17H23NO2/c1-13(2)6-9-18-10-7-15-4-5-17(20-14(3)19)12-16(15)8-11-18/h4-6,12H,7-11H2,1-3H3. The molecule has 1 aromatic rings. The molecule has 1 aliphatic heterocycles. The third-order valence-corrected chi connectivity index (χ3v) is 3.59. The Balaban J connectivity index is 2.05. The molecule has 1 aromatic carbocycles. The summed E-state index contributed by atoms with van der Waals surface area (Å²) < 4.78 is 5.16. The lowest BCUT2D eigenvalue weighted by Crippen LogP contribution is -2.26. The molecule has 0 atom stereocenters. The maximum Gasteiger partial charge on any atom is 0.308 e. The van der Waals surface area contributed by atoms with E-state index in [0.29, 0.717) is 5.75 Å². The second-order valence-corrected chi connectivity index (χ2v) is 5.61. The SMILES string of the molecule is CC(=O)Oc1ccc2c(c1)CCN(CC=C(C)C)CC2. The van der Waals surface area contributed by atoms with Crippen molar-refractivity contribution in [3.63, 3.8) is 0 Å². The van der Waals surface area contributed by atoms with Crippen molar-refractivity contribution in [2.75, 3.05) is 19.6 Å². The van der Waals surface area contributed by atoms with E-state index in [9.17, 15) is 4.79 Å². The molecule has 0 fully saturated rings. The van der Waals surface area contributed by atoms with Crippen molar-refractivity contribution in [1.29, 1.82) is 0 Å². The van der Waals surface area contributed by atoms with Gasteiger partial charge in [-0.05, 0) is 49.9 Å². The molecule has 0 saturated heterocycles. The molecule has 0 aromatic heterocycles. The van der Waals surface area contributed by atoms with Gasteiger partial charge in [-0.2, -0.15) is 0 Å². The zero-order chi connectivity index (χ0) is 14.5. The van der Waals surface area contributed by atoms with Crippen molar-refractivity contribution in [3.8, 4) is 5.75 Å². The van der Waals surface area contributed by atoms with Gasteiger partial charge < -0.3 is 4.74 Å². The molecule has 0 radical (unpaired) electrons. The zero-order valence-electron chi connectivity index (χ0n) is 12.6. The molecule has 0 saturated carbocycles. The van der Waals surface area contributed by atoms with Crippen LogP contribution < -0.4 is 4.74 Å². The maximum absolute atomic E-state index is 11.0. The van der Waals surface area contributed by atoms with Gasteiger partial charge in [-0.1, -0.05) is 17.7 Å². The minimum atomic E-state index is -0.260. The molecule has 3 heteroatoms. The quantitative estimate of drug-likeness (QED) is 0.482. The summed E-state index contributed by atoms with van der Waals surface area (Å²) in [7, 11) is 0. The van der Waals surface area contributed by atoms with Crippen LogP contribution in [0, 0.1) is 0 Å². The van der Waals surface area contributed by atoms with Gasteiger partial charge in [-0.25, -0.2) is 0 Å². The molecule has 1 aliphatic rings. The number of rotatable bonds is 3. The maximum atomic E-state index is 11.0. The summed E-state index contributed by atoms with van der Waals surface area (Å²) >= 11 is 0. The van der Waals surface area contributed by atoms with E-state index in [0.717, 1.165) is 32.5 Å². The van der Waals surface area contributed by atoms with E-state index < -0.39 is 0 Å². The van der Waals surface area contributed by atoms with Gasteiger partial charge in [0.1, 0.15) is 5.75 Å². The normalized spacial score (nSPS) is 15.2. The van der Waals surface area contributed by atoms with Crippen LogP contribution in [0.4, 0.5) is 0 Å². The molecular weight excluding hydrogens is 250 g/mol. The number of esters is 1. The Hall–Kier alpha value is -1.61. The Morgan fingerprint density at radius 1 is 1.20 bits per heavy atom. The number of carbonyl (C=O) groups is 1. The number of carbonyl (C=O) groups excluding carboxylic acids is 1. The molecule has 1 heterocycles. The minimum Gasteiger partial charge on any atom is -0.427 e. The van der Waals surface area contributed by atoms with E-state index >= 15 is 0 Å². The Morgan fingerprint density at radius 3 is 2.55 bits per heavy atom. The fourth-order valence-electron chi connectivity index (χ4n) is 2.47. The first-order valence-electron chi connectivity index (χ1n) is 7.20. The van der Waals surface area contributed by atoms with E-state index in [1.165, 1.54) is 23.6 Å². The third-order valence-electron chi connectivity index (χ3n) is 3.59. The first-order chi connectivity index (χ1) is 9.54. The van der Waals surface area contributed by atoms with Crippen LogP contribution in [0.5, 0.6) is 5.75 Å². The molecule has 0 N–H and O–H groups in total. The summed E-state index contributed by atoms with van der Waals surface area (Å²) in [4.78, 5) is 13.5. The number of fused-ring (bicyclic) bond motifs is 1. The summed E-state index contributed by atoms with van der Waals surface area (Å²) in [5.41, 5.74) is 4.05. The van der Waals surface area contributed by atoms with Crippen LogP contribution in [0.25, 0.3) is 0 Å². The average molecular weight is 273 g/mol. The summed E-state index contributed by atoms with van der Waals surface area (Å²) in [6, 6.07) is 6.01. The largest absolute Gasteiger partial charge is 0.427 e. The van der Waals surface area contributed by atoms with E-state index in [1.54, 1.807) is 0 Å². The highest BCUT2D eigenvalue weighted by Crippen LogP contribution is 2.22. The fraction of sp³-hybridized carbons (Fsp3) is 0.471. The molecule has 2 rings (SSSR count).